The van der Waals surface area contributed by atoms with E-state index in [1.807, 2.05) is 36.4 Å². The van der Waals surface area contributed by atoms with Crippen LogP contribution < -0.4 is 4.74 Å². The molecule has 0 saturated heterocycles. The van der Waals surface area contributed by atoms with E-state index in [-0.39, 0.29) is 26.1 Å². The SMILES string of the molecule is OCC(O)Cc1ccccc1Oc1ccccc1CC(O)CO. The van der Waals surface area contributed by atoms with Gasteiger partial charge in [0, 0.05) is 12.8 Å². The molecule has 0 aromatic heterocycles. The molecule has 0 fully saturated rings. The Kier molecular flexibility index (Phi) is 6.55. The van der Waals surface area contributed by atoms with Crippen molar-refractivity contribution in [1.82, 2.24) is 0 Å². The van der Waals surface area contributed by atoms with Gasteiger partial charge in [-0.1, -0.05) is 36.4 Å². The predicted molar refractivity (Wildman–Crippen MR) is 86.6 cm³/mol. The monoisotopic (exact) mass is 318 g/mol. The second kappa shape index (κ2) is 8.64. The number of hydrogen-bond donors (Lipinski definition) is 4. The first-order valence-corrected chi connectivity index (χ1v) is 7.55. The Morgan fingerprint density at radius 1 is 0.696 bits per heavy atom. The lowest BCUT2D eigenvalue weighted by molar-refractivity contribution is 0.0945. The van der Waals surface area contributed by atoms with Crippen molar-refractivity contribution < 1.29 is 25.2 Å². The van der Waals surface area contributed by atoms with Crippen molar-refractivity contribution in [3.05, 3.63) is 59.7 Å². The van der Waals surface area contributed by atoms with Gasteiger partial charge in [-0.3, -0.25) is 0 Å². The molecular formula is C18H22O5. The van der Waals surface area contributed by atoms with Crippen LogP contribution in [0.5, 0.6) is 11.5 Å². The molecule has 2 rings (SSSR count). The zero-order chi connectivity index (χ0) is 16.7. The Morgan fingerprint density at radius 2 is 1.09 bits per heavy atom. The van der Waals surface area contributed by atoms with Crippen LogP contribution in [0.15, 0.2) is 48.5 Å². The molecule has 124 valence electrons. The topological polar surface area (TPSA) is 90.2 Å². The third kappa shape index (κ3) is 5.04. The largest absolute Gasteiger partial charge is 0.457 e. The number of aliphatic hydroxyl groups excluding tert-OH is 4. The second-order valence-electron chi connectivity index (χ2n) is 5.40. The van der Waals surface area contributed by atoms with Gasteiger partial charge in [-0.25, -0.2) is 0 Å². The average Bonchev–Trinajstić information content (AvgIpc) is 2.58. The van der Waals surface area contributed by atoms with Crippen LogP contribution in [0.2, 0.25) is 0 Å². The number of aliphatic hydroxyl groups is 4. The van der Waals surface area contributed by atoms with Crippen LogP contribution in [0, 0.1) is 0 Å². The van der Waals surface area contributed by atoms with Gasteiger partial charge in [-0.2, -0.15) is 0 Å². The number of hydrogen-bond acceptors (Lipinski definition) is 5. The van der Waals surface area contributed by atoms with Gasteiger partial charge in [0.2, 0.25) is 0 Å². The van der Waals surface area contributed by atoms with E-state index in [2.05, 4.69) is 0 Å². The van der Waals surface area contributed by atoms with Gasteiger partial charge < -0.3 is 25.2 Å². The number of ether oxygens (including phenoxy) is 1. The fourth-order valence-corrected chi connectivity index (χ4v) is 2.30. The average molecular weight is 318 g/mol. The molecule has 4 N–H and O–H groups in total. The van der Waals surface area contributed by atoms with Crippen molar-refractivity contribution in [1.29, 1.82) is 0 Å². The lowest BCUT2D eigenvalue weighted by Gasteiger charge is -2.16. The lowest BCUT2D eigenvalue weighted by atomic mass is 10.1. The van der Waals surface area contributed by atoms with E-state index in [0.717, 1.165) is 11.1 Å². The smallest absolute Gasteiger partial charge is 0.130 e. The van der Waals surface area contributed by atoms with Crippen LogP contribution in [0.25, 0.3) is 0 Å². The van der Waals surface area contributed by atoms with Gasteiger partial charge in [-0.05, 0) is 23.3 Å². The maximum absolute atomic E-state index is 9.64. The van der Waals surface area contributed by atoms with Crippen molar-refractivity contribution >= 4 is 0 Å². The highest BCUT2D eigenvalue weighted by atomic mass is 16.5. The van der Waals surface area contributed by atoms with Crippen molar-refractivity contribution in [2.24, 2.45) is 0 Å². The molecule has 2 unspecified atom stereocenters. The Morgan fingerprint density at radius 3 is 1.48 bits per heavy atom. The standard InChI is InChI=1S/C18H22O5/c19-11-15(21)9-13-5-1-3-7-17(13)23-18-8-4-2-6-14(18)10-16(22)12-20/h1-8,15-16,19-22H,9-12H2. The molecule has 0 spiro atoms. The summed E-state index contributed by atoms with van der Waals surface area (Å²) in [4.78, 5) is 0. The van der Waals surface area contributed by atoms with Crippen molar-refractivity contribution in [3.63, 3.8) is 0 Å². The van der Waals surface area contributed by atoms with Gasteiger partial charge in [0.1, 0.15) is 11.5 Å². The van der Waals surface area contributed by atoms with Crippen LogP contribution in [0.4, 0.5) is 0 Å². The summed E-state index contributed by atoms with van der Waals surface area (Å²) >= 11 is 0. The molecule has 2 aromatic carbocycles. The van der Waals surface area contributed by atoms with Crippen LogP contribution in [0.3, 0.4) is 0 Å². The molecule has 0 bridgehead atoms. The third-order valence-electron chi connectivity index (χ3n) is 3.50. The minimum Gasteiger partial charge on any atom is -0.457 e. The maximum Gasteiger partial charge on any atom is 0.130 e. The Hall–Kier alpha value is -1.92. The number of rotatable bonds is 8. The molecule has 23 heavy (non-hydrogen) atoms. The van der Waals surface area contributed by atoms with Gasteiger partial charge in [0.15, 0.2) is 0 Å². The molecule has 5 nitrogen and oxygen atoms in total. The zero-order valence-electron chi connectivity index (χ0n) is 12.8. The molecule has 0 radical (unpaired) electrons. The molecule has 0 aliphatic heterocycles. The van der Waals surface area contributed by atoms with Gasteiger partial charge in [-0.15, -0.1) is 0 Å². The quantitative estimate of drug-likeness (QED) is 0.588. The first-order valence-electron chi connectivity index (χ1n) is 7.55. The van der Waals surface area contributed by atoms with Crippen molar-refractivity contribution in [2.75, 3.05) is 13.2 Å². The Balaban J connectivity index is 2.22. The van der Waals surface area contributed by atoms with E-state index in [4.69, 9.17) is 14.9 Å². The normalized spacial score (nSPS) is 13.6. The molecule has 0 amide bonds. The molecule has 2 atom stereocenters. The van der Waals surface area contributed by atoms with Gasteiger partial charge >= 0.3 is 0 Å². The minimum atomic E-state index is -0.841. The van der Waals surface area contributed by atoms with E-state index >= 15 is 0 Å². The van der Waals surface area contributed by atoms with Gasteiger partial charge in [0.25, 0.3) is 0 Å². The fourth-order valence-electron chi connectivity index (χ4n) is 2.30. The van der Waals surface area contributed by atoms with E-state index in [0.29, 0.717) is 11.5 Å². The highest BCUT2D eigenvalue weighted by Gasteiger charge is 2.13. The van der Waals surface area contributed by atoms with Crippen LogP contribution in [-0.2, 0) is 12.8 Å². The van der Waals surface area contributed by atoms with Gasteiger partial charge in [0.05, 0.1) is 25.4 Å². The summed E-state index contributed by atoms with van der Waals surface area (Å²) in [5.41, 5.74) is 1.57. The van der Waals surface area contributed by atoms with Crippen LogP contribution >= 0.6 is 0 Å². The first-order chi connectivity index (χ1) is 11.1. The molecule has 0 saturated carbocycles. The Labute approximate surface area is 135 Å². The summed E-state index contributed by atoms with van der Waals surface area (Å²) in [6.45, 7) is -0.624. The summed E-state index contributed by atoms with van der Waals surface area (Å²) in [5.74, 6) is 1.18. The summed E-state index contributed by atoms with van der Waals surface area (Å²) in [7, 11) is 0. The highest BCUT2D eigenvalue weighted by molar-refractivity contribution is 5.41. The molecule has 0 heterocycles. The number of para-hydroxylation sites is 2. The van der Waals surface area contributed by atoms with Crippen LogP contribution in [0.1, 0.15) is 11.1 Å². The third-order valence-corrected chi connectivity index (χ3v) is 3.50. The maximum atomic E-state index is 9.64. The summed E-state index contributed by atoms with van der Waals surface area (Å²) in [6, 6.07) is 14.6. The van der Waals surface area contributed by atoms with Crippen molar-refractivity contribution in [2.45, 2.75) is 25.0 Å². The first kappa shape index (κ1) is 17.4. The molecule has 0 aliphatic carbocycles. The molecular weight excluding hydrogens is 296 g/mol. The second-order valence-corrected chi connectivity index (χ2v) is 5.40. The predicted octanol–water partition coefficient (Wildman–Crippen LogP) is 1.27. The van der Waals surface area contributed by atoms with E-state index in [1.165, 1.54) is 0 Å². The summed E-state index contributed by atoms with van der Waals surface area (Å²) in [5, 5.41) is 37.3. The summed E-state index contributed by atoms with van der Waals surface area (Å²) < 4.78 is 5.95. The van der Waals surface area contributed by atoms with E-state index in [9.17, 15) is 10.2 Å². The van der Waals surface area contributed by atoms with E-state index < -0.39 is 12.2 Å². The van der Waals surface area contributed by atoms with Crippen LogP contribution in [-0.4, -0.2) is 45.8 Å². The zero-order valence-corrected chi connectivity index (χ0v) is 12.8. The van der Waals surface area contributed by atoms with Crippen molar-refractivity contribution in [3.8, 4) is 11.5 Å². The highest BCUT2D eigenvalue weighted by Crippen LogP contribution is 2.29. The molecule has 2 aromatic rings. The fraction of sp³-hybridized carbons (Fsp3) is 0.333. The lowest BCUT2D eigenvalue weighted by Crippen LogP contribution is -2.16. The van der Waals surface area contributed by atoms with E-state index in [1.54, 1.807) is 12.1 Å². The summed E-state index contributed by atoms with van der Waals surface area (Å²) in [6.07, 6.45) is -1.11. The number of benzene rings is 2. The Bertz CT molecular complexity index is 560. The molecule has 0 aliphatic rings. The molecule has 5 heteroatoms. The minimum absolute atomic E-state index is 0.286.